The second-order valence-electron chi connectivity index (χ2n) is 4.76. The Morgan fingerprint density at radius 2 is 2.29 bits per heavy atom. The number of carboxylic acids is 1. The molecule has 1 aliphatic rings. The fourth-order valence-electron chi connectivity index (χ4n) is 2.04. The number of nitrogens with zero attached hydrogens (tertiary/aromatic N) is 1. The van der Waals surface area contributed by atoms with Crippen molar-refractivity contribution in [2.24, 2.45) is 0 Å². The molecule has 0 spiro atoms. The summed E-state index contributed by atoms with van der Waals surface area (Å²) >= 11 is 4.55. The topological polar surface area (TPSA) is 66.8 Å². The van der Waals surface area contributed by atoms with Gasteiger partial charge in [0, 0.05) is 22.5 Å². The Bertz CT molecular complexity index is 552. The van der Waals surface area contributed by atoms with Gasteiger partial charge in [-0.25, -0.2) is 4.79 Å². The van der Waals surface area contributed by atoms with Crippen LogP contribution >= 0.6 is 27.7 Å². The smallest absolute Gasteiger partial charge is 0.336 e. The van der Waals surface area contributed by atoms with E-state index < -0.39 is 5.97 Å². The summed E-state index contributed by atoms with van der Waals surface area (Å²) in [6.45, 7) is 3.74. The number of hydrogen-bond acceptors (Lipinski definition) is 4. The van der Waals surface area contributed by atoms with E-state index in [4.69, 9.17) is 9.84 Å². The lowest BCUT2D eigenvalue weighted by atomic mass is 10.2. The first-order valence-electron chi connectivity index (χ1n) is 6.52. The first kappa shape index (κ1) is 16.3. The Balaban J connectivity index is 1.95. The van der Waals surface area contributed by atoms with Gasteiger partial charge in [0.25, 0.3) is 0 Å². The van der Waals surface area contributed by atoms with Gasteiger partial charge in [-0.1, -0.05) is 0 Å². The Hall–Kier alpha value is -1.05. The van der Waals surface area contributed by atoms with Gasteiger partial charge in [-0.15, -0.1) is 11.8 Å². The summed E-state index contributed by atoms with van der Waals surface area (Å²) < 4.78 is 5.94. The van der Waals surface area contributed by atoms with Crippen molar-refractivity contribution in [2.75, 3.05) is 25.4 Å². The van der Waals surface area contributed by atoms with E-state index in [-0.39, 0.29) is 17.6 Å². The van der Waals surface area contributed by atoms with Crippen molar-refractivity contribution in [1.82, 2.24) is 4.90 Å². The minimum Gasteiger partial charge on any atom is -0.478 e. The highest BCUT2D eigenvalue weighted by Crippen LogP contribution is 2.25. The van der Waals surface area contributed by atoms with E-state index in [1.165, 1.54) is 11.8 Å². The maximum Gasteiger partial charge on any atom is 0.336 e. The summed E-state index contributed by atoms with van der Waals surface area (Å²) in [4.78, 5) is 25.8. The summed E-state index contributed by atoms with van der Waals surface area (Å²) in [6, 6.07) is 5.07. The van der Waals surface area contributed by atoms with Gasteiger partial charge >= 0.3 is 5.97 Å². The number of thioether (sulfide) groups is 1. The third-order valence-electron chi connectivity index (χ3n) is 3.12. The van der Waals surface area contributed by atoms with Crippen molar-refractivity contribution < 1.29 is 19.4 Å². The van der Waals surface area contributed by atoms with Crippen molar-refractivity contribution in [3.8, 4) is 0 Å². The Labute approximate surface area is 135 Å². The Morgan fingerprint density at radius 3 is 2.95 bits per heavy atom. The van der Waals surface area contributed by atoms with Crippen LogP contribution in [0.25, 0.3) is 0 Å². The molecule has 0 bridgehead atoms. The summed E-state index contributed by atoms with van der Waals surface area (Å²) in [5.41, 5.74) is 0.201. The van der Waals surface area contributed by atoms with Gasteiger partial charge < -0.3 is 14.7 Å². The molecule has 0 aromatic heterocycles. The highest BCUT2D eigenvalue weighted by Gasteiger charge is 2.21. The Kier molecular flexibility index (Phi) is 5.66. The van der Waals surface area contributed by atoms with Crippen molar-refractivity contribution in [2.45, 2.75) is 17.9 Å². The molecule has 5 nitrogen and oxygen atoms in total. The van der Waals surface area contributed by atoms with Gasteiger partial charge in [-0.05, 0) is 41.1 Å². The molecule has 1 unspecified atom stereocenters. The lowest BCUT2D eigenvalue weighted by molar-refractivity contribution is -0.135. The minimum atomic E-state index is -0.988. The van der Waals surface area contributed by atoms with Crippen LogP contribution in [0.4, 0.5) is 0 Å². The fraction of sp³-hybridized carbons (Fsp3) is 0.429. The number of hydrogen-bond donors (Lipinski definition) is 1. The first-order chi connectivity index (χ1) is 9.97. The molecule has 1 aromatic carbocycles. The molecule has 1 atom stereocenters. The number of benzene rings is 1. The molecule has 7 heteroatoms. The van der Waals surface area contributed by atoms with Crippen molar-refractivity contribution in [3.63, 3.8) is 0 Å². The standard InChI is InChI=1S/C14H16BrNO4S/c1-9-7-16(4-5-20-9)13(17)8-21-10-2-3-12(15)11(6-10)14(18)19/h2-3,6,9H,4-5,7-8H2,1H3,(H,18,19). The maximum absolute atomic E-state index is 12.1. The van der Waals surface area contributed by atoms with Crippen molar-refractivity contribution in [3.05, 3.63) is 28.2 Å². The molecule has 1 aliphatic heterocycles. The van der Waals surface area contributed by atoms with Crippen LogP contribution in [-0.4, -0.2) is 53.4 Å². The van der Waals surface area contributed by atoms with Crippen LogP contribution in [0.5, 0.6) is 0 Å². The second-order valence-corrected chi connectivity index (χ2v) is 6.66. The van der Waals surface area contributed by atoms with E-state index >= 15 is 0 Å². The third-order valence-corrected chi connectivity index (χ3v) is 4.79. The van der Waals surface area contributed by atoms with E-state index in [0.717, 1.165) is 4.90 Å². The summed E-state index contributed by atoms with van der Waals surface area (Å²) in [6.07, 6.45) is 0.0685. The summed E-state index contributed by atoms with van der Waals surface area (Å²) in [5, 5.41) is 9.07. The van der Waals surface area contributed by atoms with E-state index in [2.05, 4.69) is 15.9 Å². The molecule has 1 fully saturated rings. The third kappa shape index (κ3) is 4.46. The molecular formula is C14H16BrNO4S. The molecule has 0 saturated carbocycles. The molecule has 1 saturated heterocycles. The molecule has 0 radical (unpaired) electrons. The van der Waals surface area contributed by atoms with Gasteiger partial charge in [0.15, 0.2) is 0 Å². The van der Waals surface area contributed by atoms with Gasteiger partial charge in [0.1, 0.15) is 0 Å². The monoisotopic (exact) mass is 373 g/mol. The molecule has 1 N–H and O–H groups in total. The highest BCUT2D eigenvalue weighted by molar-refractivity contribution is 9.10. The van der Waals surface area contributed by atoms with Gasteiger partial charge in [-0.3, -0.25) is 4.79 Å². The molecule has 2 rings (SSSR count). The number of amides is 1. The number of halogens is 1. The predicted molar refractivity (Wildman–Crippen MR) is 83.8 cm³/mol. The van der Waals surface area contributed by atoms with Crippen LogP contribution < -0.4 is 0 Å². The lowest BCUT2D eigenvalue weighted by Gasteiger charge is -2.31. The summed E-state index contributed by atoms with van der Waals surface area (Å²) in [5.74, 6) is -0.638. The number of aromatic carboxylic acids is 1. The van der Waals surface area contributed by atoms with Gasteiger partial charge in [0.2, 0.25) is 5.91 Å². The van der Waals surface area contributed by atoms with Crippen LogP contribution in [0, 0.1) is 0 Å². The number of rotatable bonds is 4. The first-order valence-corrected chi connectivity index (χ1v) is 8.30. The fourth-order valence-corrected chi connectivity index (χ4v) is 3.29. The van der Waals surface area contributed by atoms with E-state index in [1.54, 1.807) is 23.1 Å². The average Bonchev–Trinajstić information content (AvgIpc) is 2.45. The van der Waals surface area contributed by atoms with Crippen LogP contribution in [0.1, 0.15) is 17.3 Å². The number of carbonyl (C=O) groups is 2. The largest absolute Gasteiger partial charge is 0.478 e. The number of carbonyl (C=O) groups excluding carboxylic acids is 1. The zero-order chi connectivity index (χ0) is 15.4. The molecule has 1 heterocycles. The van der Waals surface area contributed by atoms with Gasteiger partial charge in [-0.2, -0.15) is 0 Å². The molecule has 1 aromatic rings. The molecule has 0 aliphatic carbocycles. The van der Waals surface area contributed by atoms with Crippen molar-refractivity contribution in [1.29, 1.82) is 0 Å². The van der Waals surface area contributed by atoms with Gasteiger partial charge in [0.05, 0.1) is 24.0 Å². The predicted octanol–water partition coefficient (Wildman–Crippen LogP) is 2.49. The SMILES string of the molecule is CC1CN(C(=O)CSc2ccc(Br)c(C(=O)O)c2)CCO1. The van der Waals surface area contributed by atoms with Crippen LogP contribution in [0.2, 0.25) is 0 Å². The van der Waals surface area contributed by atoms with Crippen LogP contribution in [0.3, 0.4) is 0 Å². The number of carboxylic acid groups (broad SMARTS) is 1. The second kappa shape index (κ2) is 7.29. The summed E-state index contributed by atoms with van der Waals surface area (Å²) in [7, 11) is 0. The lowest BCUT2D eigenvalue weighted by Crippen LogP contribution is -2.45. The normalized spacial score (nSPS) is 18.6. The van der Waals surface area contributed by atoms with Crippen molar-refractivity contribution >= 4 is 39.6 Å². The highest BCUT2D eigenvalue weighted by atomic mass is 79.9. The number of ether oxygens (including phenoxy) is 1. The minimum absolute atomic E-state index is 0.0509. The Morgan fingerprint density at radius 1 is 1.52 bits per heavy atom. The quantitative estimate of drug-likeness (QED) is 0.821. The van der Waals surface area contributed by atoms with Crippen LogP contribution in [-0.2, 0) is 9.53 Å². The van der Waals surface area contributed by atoms with E-state index in [1.807, 2.05) is 6.92 Å². The zero-order valence-electron chi connectivity index (χ0n) is 11.5. The molecule has 21 heavy (non-hydrogen) atoms. The molecular weight excluding hydrogens is 358 g/mol. The number of morpholine rings is 1. The van der Waals surface area contributed by atoms with E-state index in [9.17, 15) is 9.59 Å². The maximum atomic E-state index is 12.1. The van der Waals surface area contributed by atoms with Crippen LogP contribution in [0.15, 0.2) is 27.6 Å². The average molecular weight is 374 g/mol. The zero-order valence-corrected chi connectivity index (χ0v) is 13.9. The van der Waals surface area contributed by atoms with E-state index in [0.29, 0.717) is 29.9 Å². The molecule has 1 amide bonds. The molecule has 114 valence electrons.